The van der Waals surface area contributed by atoms with Gasteiger partial charge in [-0.1, -0.05) is 43.2 Å². The molecule has 1 saturated heterocycles. The minimum Gasteiger partial charge on any atom is -0.396 e. The molecular weight excluding hydrogens is 326 g/mol. The first-order chi connectivity index (χ1) is 12.8. The average Bonchev–Trinajstić information content (AvgIpc) is 3.34. The fourth-order valence-corrected chi connectivity index (χ4v) is 5.48. The van der Waals surface area contributed by atoms with E-state index in [1.165, 1.54) is 25.7 Å². The van der Waals surface area contributed by atoms with E-state index in [4.69, 9.17) is 4.74 Å². The number of nitrogens with one attached hydrogen (secondary N) is 2. The normalized spacial score (nSPS) is 30.7. The van der Waals surface area contributed by atoms with Crippen LogP contribution in [0.25, 0.3) is 0 Å². The number of rotatable bonds is 5. The van der Waals surface area contributed by atoms with Gasteiger partial charge >= 0.3 is 0 Å². The Labute approximate surface area is 156 Å². The summed E-state index contributed by atoms with van der Waals surface area (Å²) < 4.78 is 6.08. The van der Waals surface area contributed by atoms with Gasteiger partial charge in [0.2, 0.25) is 0 Å². The molecule has 3 N–H and O–H groups in total. The lowest BCUT2D eigenvalue weighted by atomic mass is 9.54. The van der Waals surface area contributed by atoms with Crippen molar-refractivity contribution in [1.29, 1.82) is 0 Å². The minimum atomic E-state index is 0.0687. The summed E-state index contributed by atoms with van der Waals surface area (Å²) >= 11 is 0. The summed E-state index contributed by atoms with van der Waals surface area (Å²) in [6.45, 7) is 1.70. The van der Waals surface area contributed by atoms with Crippen LogP contribution in [0.5, 0.6) is 0 Å². The highest BCUT2D eigenvalue weighted by atomic mass is 16.5. The van der Waals surface area contributed by atoms with Crippen molar-refractivity contribution in [3.8, 4) is 0 Å². The molecule has 1 spiro atoms. The van der Waals surface area contributed by atoms with Crippen LogP contribution in [0, 0.1) is 11.3 Å². The Morgan fingerprint density at radius 2 is 2.08 bits per heavy atom. The van der Waals surface area contributed by atoms with Crippen molar-refractivity contribution in [2.45, 2.75) is 50.2 Å². The van der Waals surface area contributed by atoms with Crippen LogP contribution in [-0.4, -0.2) is 50.0 Å². The van der Waals surface area contributed by atoms with Gasteiger partial charge in [-0.15, -0.1) is 0 Å². The van der Waals surface area contributed by atoms with Crippen molar-refractivity contribution in [2.75, 3.05) is 26.8 Å². The monoisotopic (exact) mass is 357 g/mol. The Bertz CT molecular complexity index is 627. The summed E-state index contributed by atoms with van der Waals surface area (Å²) in [5.41, 5.74) is 1.47. The second-order valence-corrected chi connectivity index (χ2v) is 8.05. The molecule has 0 radical (unpaired) electrons. The number of benzene rings is 1. The van der Waals surface area contributed by atoms with Crippen molar-refractivity contribution in [3.05, 3.63) is 35.9 Å². The minimum absolute atomic E-state index is 0.0687. The molecule has 1 heterocycles. The van der Waals surface area contributed by atoms with Gasteiger partial charge in [0.05, 0.1) is 12.7 Å². The standard InChI is InChI=1S/C21H31N3O2/c1-22-20(23-13-16(14-25)15-7-3-2-4-8-15)24-18-17-9-12-26-19(17)21(18)10-5-6-11-21/h2-4,7-8,16-19,25H,5-6,9-14H2,1H3,(H2,22,23,24). The highest BCUT2D eigenvalue weighted by molar-refractivity contribution is 5.80. The maximum absolute atomic E-state index is 9.78. The SMILES string of the molecule is CN=C(NCC(CO)c1ccccc1)NC1C2CCOC2C12CCCC2. The van der Waals surface area contributed by atoms with Crippen LogP contribution >= 0.6 is 0 Å². The smallest absolute Gasteiger partial charge is 0.191 e. The first-order valence-corrected chi connectivity index (χ1v) is 10.0. The highest BCUT2D eigenvalue weighted by Gasteiger charge is 2.65. The Kier molecular flexibility index (Phi) is 5.18. The Morgan fingerprint density at radius 3 is 2.77 bits per heavy atom. The van der Waals surface area contributed by atoms with Crippen molar-refractivity contribution in [2.24, 2.45) is 16.3 Å². The molecule has 2 aliphatic carbocycles. The van der Waals surface area contributed by atoms with E-state index in [0.717, 1.165) is 24.6 Å². The van der Waals surface area contributed by atoms with Gasteiger partial charge in [-0.3, -0.25) is 4.99 Å². The molecule has 1 aromatic rings. The van der Waals surface area contributed by atoms with Crippen LogP contribution in [0.2, 0.25) is 0 Å². The number of aliphatic hydroxyl groups excluding tert-OH is 1. The second kappa shape index (κ2) is 7.57. The molecule has 142 valence electrons. The first kappa shape index (κ1) is 17.8. The number of nitrogens with zero attached hydrogens (tertiary/aromatic N) is 1. The van der Waals surface area contributed by atoms with Crippen LogP contribution in [0.3, 0.4) is 0 Å². The number of guanidine groups is 1. The molecule has 1 aromatic carbocycles. The van der Waals surface area contributed by atoms with Crippen molar-refractivity contribution in [1.82, 2.24) is 10.6 Å². The number of hydrogen-bond acceptors (Lipinski definition) is 3. The number of fused-ring (bicyclic) bond motifs is 2. The highest BCUT2D eigenvalue weighted by Crippen LogP contribution is 2.60. The Morgan fingerprint density at radius 1 is 1.31 bits per heavy atom. The van der Waals surface area contributed by atoms with E-state index in [-0.39, 0.29) is 12.5 Å². The summed E-state index contributed by atoms with van der Waals surface area (Å²) in [5, 5.41) is 16.9. The van der Waals surface area contributed by atoms with Gasteiger partial charge in [0.25, 0.3) is 0 Å². The summed E-state index contributed by atoms with van der Waals surface area (Å²) in [6, 6.07) is 10.6. The van der Waals surface area contributed by atoms with E-state index in [0.29, 0.717) is 30.0 Å². The fraction of sp³-hybridized carbons (Fsp3) is 0.667. The molecule has 4 rings (SSSR count). The maximum Gasteiger partial charge on any atom is 0.191 e. The molecule has 26 heavy (non-hydrogen) atoms. The van der Waals surface area contributed by atoms with Gasteiger partial charge < -0.3 is 20.5 Å². The third-order valence-electron chi connectivity index (χ3n) is 6.81. The summed E-state index contributed by atoms with van der Waals surface area (Å²) in [7, 11) is 1.83. The third-order valence-corrected chi connectivity index (χ3v) is 6.81. The van der Waals surface area contributed by atoms with Crippen LogP contribution in [0.15, 0.2) is 35.3 Å². The van der Waals surface area contributed by atoms with Crippen LogP contribution in [-0.2, 0) is 4.74 Å². The Balaban J connectivity index is 1.39. The number of aliphatic imine (C=N–C) groups is 1. The zero-order valence-corrected chi connectivity index (χ0v) is 15.7. The van der Waals surface area contributed by atoms with Gasteiger partial charge in [-0.05, 0) is 24.8 Å². The fourth-order valence-electron chi connectivity index (χ4n) is 5.48. The summed E-state index contributed by atoms with van der Waals surface area (Å²) in [6.07, 6.45) is 6.78. The molecule has 4 unspecified atom stereocenters. The van der Waals surface area contributed by atoms with E-state index in [9.17, 15) is 5.11 Å². The lowest BCUT2D eigenvalue weighted by Gasteiger charge is -2.57. The maximum atomic E-state index is 9.78. The molecular formula is C21H31N3O2. The summed E-state index contributed by atoms with van der Waals surface area (Å²) in [4.78, 5) is 4.45. The molecule has 5 heteroatoms. The zero-order valence-electron chi connectivity index (χ0n) is 15.7. The van der Waals surface area contributed by atoms with Crippen LogP contribution in [0.4, 0.5) is 0 Å². The van der Waals surface area contributed by atoms with Crippen LogP contribution in [0.1, 0.15) is 43.6 Å². The lowest BCUT2D eigenvalue weighted by Crippen LogP contribution is -2.69. The average molecular weight is 357 g/mol. The quantitative estimate of drug-likeness (QED) is 0.559. The molecule has 0 bridgehead atoms. The van der Waals surface area contributed by atoms with Gasteiger partial charge in [0, 0.05) is 43.5 Å². The van der Waals surface area contributed by atoms with E-state index >= 15 is 0 Å². The lowest BCUT2D eigenvalue weighted by molar-refractivity contribution is -0.125. The largest absolute Gasteiger partial charge is 0.396 e. The molecule has 5 nitrogen and oxygen atoms in total. The predicted molar refractivity (Wildman–Crippen MR) is 103 cm³/mol. The third kappa shape index (κ3) is 3.01. The predicted octanol–water partition coefficient (Wildman–Crippen LogP) is 2.28. The molecule has 0 amide bonds. The molecule has 2 saturated carbocycles. The van der Waals surface area contributed by atoms with Crippen molar-refractivity contribution in [3.63, 3.8) is 0 Å². The van der Waals surface area contributed by atoms with E-state index in [1.54, 1.807) is 0 Å². The summed E-state index contributed by atoms with van der Waals surface area (Å²) in [5.74, 6) is 1.54. The van der Waals surface area contributed by atoms with Crippen molar-refractivity contribution >= 4 is 5.96 Å². The van der Waals surface area contributed by atoms with Crippen LogP contribution < -0.4 is 10.6 Å². The van der Waals surface area contributed by atoms with Gasteiger partial charge in [0.15, 0.2) is 5.96 Å². The second-order valence-electron chi connectivity index (χ2n) is 8.05. The number of aliphatic hydroxyl groups is 1. The van der Waals surface area contributed by atoms with E-state index in [1.807, 2.05) is 25.2 Å². The molecule has 3 aliphatic rings. The first-order valence-electron chi connectivity index (χ1n) is 10.0. The molecule has 1 aliphatic heterocycles. The zero-order chi connectivity index (χ0) is 18.0. The molecule has 3 fully saturated rings. The van der Waals surface area contributed by atoms with Gasteiger partial charge in [-0.25, -0.2) is 0 Å². The van der Waals surface area contributed by atoms with Gasteiger partial charge in [0.1, 0.15) is 0 Å². The van der Waals surface area contributed by atoms with E-state index in [2.05, 4.69) is 27.8 Å². The Hall–Kier alpha value is -1.59. The number of ether oxygens (including phenoxy) is 1. The molecule has 0 aromatic heterocycles. The topological polar surface area (TPSA) is 65.9 Å². The van der Waals surface area contributed by atoms with Gasteiger partial charge in [-0.2, -0.15) is 0 Å². The van der Waals surface area contributed by atoms with E-state index < -0.39 is 0 Å². The van der Waals surface area contributed by atoms with Crippen molar-refractivity contribution < 1.29 is 9.84 Å². The number of hydrogen-bond donors (Lipinski definition) is 3. The molecule has 4 atom stereocenters.